The molecule has 1 aromatic heterocycles. The van der Waals surface area contributed by atoms with Gasteiger partial charge in [0.2, 0.25) is 5.76 Å². The number of carboxylic acid groups (broad SMARTS) is 1. The number of furan rings is 1. The molecule has 1 heterocycles. The number of carboxylic acids is 1. The largest absolute Gasteiger partial charge is 0.480 e. The number of aliphatic carboxylic acids is 1. The zero-order valence-electron chi connectivity index (χ0n) is 12.1. The van der Waals surface area contributed by atoms with Crippen molar-refractivity contribution in [1.29, 1.82) is 0 Å². The summed E-state index contributed by atoms with van der Waals surface area (Å²) in [5.74, 6) is -0.0733. The first kappa shape index (κ1) is 15.6. The van der Waals surface area contributed by atoms with Gasteiger partial charge in [-0.3, -0.25) is 14.5 Å². The fourth-order valence-electron chi connectivity index (χ4n) is 2.86. The molecule has 7 heteroatoms. The molecular formula is C15H19BrN2O4. The summed E-state index contributed by atoms with van der Waals surface area (Å²) in [7, 11) is 0. The Morgan fingerprint density at radius 1 is 1.41 bits per heavy atom. The highest BCUT2D eigenvalue weighted by Crippen LogP contribution is 2.34. The van der Waals surface area contributed by atoms with Crippen molar-refractivity contribution in [3.8, 4) is 0 Å². The smallest absolute Gasteiger partial charge is 0.317 e. The maximum absolute atomic E-state index is 12.0. The van der Waals surface area contributed by atoms with Crippen molar-refractivity contribution >= 4 is 27.8 Å². The summed E-state index contributed by atoms with van der Waals surface area (Å²) in [4.78, 5) is 25.1. The molecule has 0 radical (unpaired) electrons. The summed E-state index contributed by atoms with van der Waals surface area (Å²) in [6.07, 6.45) is 5.46. The van der Waals surface area contributed by atoms with Crippen LogP contribution in [0.4, 0.5) is 0 Å². The number of hydrogen-bond donors (Lipinski definition) is 2. The van der Waals surface area contributed by atoms with Crippen LogP contribution in [0.5, 0.6) is 0 Å². The SMILES string of the molecule is O=C(O)CN(CC1CC1)C1CC(NC(=O)c2occc2Br)C1. The van der Waals surface area contributed by atoms with Crippen LogP contribution in [0.15, 0.2) is 21.2 Å². The van der Waals surface area contributed by atoms with Gasteiger partial charge in [-0.05, 0) is 53.6 Å². The van der Waals surface area contributed by atoms with Crippen molar-refractivity contribution in [1.82, 2.24) is 10.2 Å². The number of carbonyl (C=O) groups is 2. The molecule has 0 aliphatic heterocycles. The second kappa shape index (κ2) is 6.42. The van der Waals surface area contributed by atoms with E-state index in [0.29, 0.717) is 10.4 Å². The average molecular weight is 371 g/mol. The van der Waals surface area contributed by atoms with Crippen molar-refractivity contribution < 1.29 is 19.1 Å². The third-order valence-corrected chi connectivity index (χ3v) is 4.94. The Labute approximate surface area is 137 Å². The van der Waals surface area contributed by atoms with Crippen LogP contribution in [0.25, 0.3) is 0 Å². The molecule has 0 spiro atoms. The Morgan fingerprint density at radius 2 is 2.14 bits per heavy atom. The molecule has 0 aromatic carbocycles. The highest BCUT2D eigenvalue weighted by Gasteiger charge is 2.38. The molecule has 1 amide bonds. The first-order valence-corrected chi connectivity index (χ1v) is 8.32. The second-order valence-corrected chi connectivity index (χ2v) is 7.01. The summed E-state index contributed by atoms with van der Waals surface area (Å²) < 4.78 is 5.78. The molecule has 2 N–H and O–H groups in total. The Hall–Kier alpha value is -1.34. The minimum absolute atomic E-state index is 0.0880. The van der Waals surface area contributed by atoms with E-state index in [-0.39, 0.29) is 30.3 Å². The van der Waals surface area contributed by atoms with Gasteiger partial charge in [0.25, 0.3) is 5.91 Å². The van der Waals surface area contributed by atoms with E-state index in [9.17, 15) is 9.59 Å². The van der Waals surface area contributed by atoms with Gasteiger partial charge < -0.3 is 14.8 Å². The molecule has 2 saturated carbocycles. The van der Waals surface area contributed by atoms with Crippen LogP contribution in [-0.2, 0) is 4.79 Å². The molecule has 120 valence electrons. The summed E-state index contributed by atoms with van der Waals surface area (Å²) in [6.45, 7) is 0.951. The Kier molecular flexibility index (Phi) is 4.54. The molecule has 22 heavy (non-hydrogen) atoms. The third kappa shape index (κ3) is 3.70. The topological polar surface area (TPSA) is 82.8 Å². The predicted molar refractivity (Wildman–Crippen MR) is 82.6 cm³/mol. The first-order valence-electron chi connectivity index (χ1n) is 7.52. The van der Waals surface area contributed by atoms with Gasteiger partial charge in [-0.15, -0.1) is 0 Å². The molecule has 0 atom stereocenters. The number of amides is 1. The lowest BCUT2D eigenvalue weighted by atomic mass is 9.85. The monoisotopic (exact) mass is 370 g/mol. The molecule has 0 saturated heterocycles. The van der Waals surface area contributed by atoms with Crippen molar-refractivity contribution in [2.24, 2.45) is 5.92 Å². The number of hydrogen-bond acceptors (Lipinski definition) is 4. The van der Waals surface area contributed by atoms with Gasteiger partial charge in [0.15, 0.2) is 0 Å². The Morgan fingerprint density at radius 3 is 2.68 bits per heavy atom. The van der Waals surface area contributed by atoms with E-state index in [1.807, 2.05) is 4.90 Å². The van der Waals surface area contributed by atoms with Gasteiger partial charge >= 0.3 is 5.97 Å². The minimum Gasteiger partial charge on any atom is -0.480 e. The highest BCUT2D eigenvalue weighted by atomic mass is 79.9. The van der Waals surface area contributed by atoms with Crippen LogP contribution in [0.3, 0.4) is 0 Å². The van der Waals surface area contributed by atoms with Crippen molar-refractivity contribution in [2.45, 2.75) is 37.8 Å². The highest BCUT2D eigenvalue weighted by molar-refractivity contribution is 9.10. The molecule has 0 bridgehead atoms. The normalized spacial score (nSPS) is 24.1. The van der Waals surface area contributed by atoms with Gasteiger partial charge in [0, 0.05) is 18.6 Å². The quantitative estimate of drug-likeness (QED) is 0.767. The number of nitrogens with one attached hydrogen (secondary N) is 1. The van der Waals surface area contributed by atoms with Crippen LogP contribution in [0.1, 0.15) is 36.2 Å². The molecule has 0 unspecified atom stereocenters. The van der Waals surface area contributed by atoms with E-state index in [4.69, 9.17) is 9.52 Å². The van der Waals surface area contributed by atoms with E-state index in [2.05, 4.69) is 21.2 Å². The average Bonchev–Trinajstić information content (AvgIpc) is 3.11. The van der Waals surface area contributed by atoms with Crippen LogP contribution in [-0.4, -0.2) is 47.1 Å². The van der Waals surface area contributed by atoms with Crippen LogP contribution >= 0.6 is 15.9 Å². The van der Waals surface area contributed by atoms with Crippen LogP contribution in [0, 0.1) is 5.92 Å². The van der Waals surface area contributed by atoms with E-state index in [1.54, 1.807) is 6.07 Å². The molecule has 2 fully saturated rings. The third-order valence-electron chi connectivity index (χ3n) is 4.32. The molecule has 3 rings (SSSR count). The van der Waals surface area contributed by atoms with Crippen molar-refractivity contribution in [3.05, 3.63) is 22.6 Å². The number of halogens is 1. The van der Waals surface area contributed by atoms with Gasteiger partial charge in [-0.2, -0.15) is 0 Å². The van der Waals surface area contributed by atoms with E-state index < -0.39 is 5.97 Å². The summed E-state index contributed by atoms with van der Waals surface area (Å²) >= 11 is 3.26. The fourth-order valence-corrected chi connectivity index (χ4v) is 3.24. The molecule has 2 aliphatic carbocycles. The summed E-state index contributed by atoms with van der Waals surface area (Å²) in [5.41, 5.74) is 0. The van der Waals surface area contributed by atoms with Gasteiger partial charge in [0.1, 0.15) is 0 Å². The zero-order valence-corrected chi connectivity index (χ0v) is 13.7. The molecule has 1 aromatic rings. The molecule has 2 aliphatic rings. The van der Waals surface area contributed by atoms with E-state index >= 15 is 0 Å². The number of nitrogens with zero attached hydrogens (tertiary/aromatic N) is 1. The van der Waals surface area contributed by atoms with E-state index in [1.165, 1.54) is 19.1 Å². The predicted octanol–water partition coefficient (Wildman–Crippen LogP) is 2.10. The summed E-state index contributed by atoms with van der Waals surface area (Å²) in [5, 5.41) is 12.0. The van der Waals surface area contributed by atoms with Gasteiger partial charge in [0.05, 0.1) is 17.3 Å². The van der Waals surface area contributed by atoms with Gasteiger partial charge in [-0.1, -0.05) is 0 Å². The zero-order chi connectivity index (χ0) is 15.7. The lowest BCUT2D eigenvalue weighted by molar-refractivity contribution is -0.139. The van der Waals surface area contributed by atoms with Crippen molar-refractivity contribution in [3.63, 3.8) is 0 Å². The lowest BCUT2D eigenvalue weighted by Crippen LogP contribution is -2.55. The van der Waals surface area contributed by atoms with Crippen molar-refractivity contribution in [2.75, 3.05) is 13.1 Å². The van der Waals surface area contributed by atoms with Crippen LogP contribution < -0.4 is 5.32 Å². The fraction of sp³-hybridized carbons (Fsp3) is 0.600. The molecule has 6 nitrogen and oxygen atoms in total. The standard InChI is InChI=1S/C15H19BrN2O4/c16-12-3-4-22-14(12)15(21)17-10-5-11(6-10)18(8-13(19)20)7-9-1-2-9/h3-4,9-11H,1-2,5-8H2,(H,17,21)(H,19,20). The number of rotatable bonds is 7. The lowest BCUT2D eigenvalue weighted by Gasteiger charge is -2.42. The maximum Gasteiger partial charge on any atom is 0.317 e. The summed E-state index contributed by atoms with van der Waals surface area (Å²) in [6, 6.07) is 2.02. The maximum atomic E-state index is 12.0. The van der Waals surface area contributed by atoms with Gasteiger partial charge in [-0.25, -0.2) is 0 Å². The van der Waals surface area contributed by atoms with Crippen LogP contribution in [0.2, 0.25) is 0 Å². The molecular weight excluding hydrogens is 352 g/mol. The first-order chi connectivity index (χ1) is 10.5. The number of carbonyl (C=O) groups excluding carboxylic acids is 1. The van der Waals surface area contributed by atoms with E-state index in [0.717, 1.165) is 19.4 Å². The Bertz CT molecular complexity index is 564. The minimum atomic E-state index is -0.785. The Balaban J connectivity index is 1.48. The second-order valence-electron chi connectivity index (χ2n) is 6.16.